The van der Waals surface area contributed by atoms with E-state index in [0.717, 1.165) is 16.7 Å². The smallest absolute Gasteiger partial charge is 0.340 e. The molecule has 0 unspecified atom stereocenters. The molecule has 7 heteroatoms. The Morgan fingerprint density at radius 2 is 1.32 bits per heavy atom. The van der Waals surface area contributed by atoms with Crippen molar-refractivity contribution in [1.82, 2.24) is 0 Å². The Labute approximate surface area is 252 Å². The van der Waals surface area contributed by atoms with Crippen LogP contribution in [0, 0.1) is 88.1 Å². The van der Waals surface area contributed by atoms with Crippen molar-refractivity contribution in [2.24, 2.45) is 0 Å². The van der Waals surface area contributed by atoms with E-state index in [1.54, 1.807) is 18.2 Å². The third-order valence-corrected chi connectivity index (χ3v) is 5.87. The molecule has 0 saturated heterocycles. The fourth-order valence-electron chi connectivity index (χ4n) is 4.39. The van der Waals surface area contributed by atoms with Crippen molar-refractivity contribution in [3.63, 3.8) is 0 Å². The van der Waals surface area contributed by atoms with E-state index in [0.29, 0.717) is 41.0 Å². The minimum Gasteiger partial charge on any atom is -0.508 e. The first-order valence-corrected chi connectivity index (χ1v) is 9.73. The summed E-state index contributed by atoms with van der Waals surface area (Å²) in [6.45, 7) is 3.90. The Hall–Kier alpha value is -0.587. The van der Waals surface area contributed by atoms with E-state index in [4.69, 9.17) is 9.47 Å². The number of benzene rings is 3. The van der Waals surface area contributed by atoms with Gasteiger partial charge in [0.25, 0.3) is 0 Å². The largest absolute Gasteiger partial charge is 0.508 e. The van der Waals surface area contributed by atoms with E-state index in [-0.39, 0.29) is 99.6 Å². The number of aryl methyl sites for hydroxylation is 2. The third kappa shape index (κ3) is 3.69. The minimum absolute atomic E-state index is 0. The van der Waals surface area contributed by atoms with Gasteiger partial charge in [-0.15, -0.1) is 0 Å². The van der Waals surface area contributed by atoms with Gasteiger partial charge in [-0.1, -0.05) is 32.0 Å². The number of aromatic hydroxyl groups is 2. The SMILES string of the molecule is CCc1cc2c(cc1O)Oc1cc(O)c(CC)cc1C21OC(=O)c2ccccc21.[Ac].[Ac]. The second kappa shape index (κ2) is 9.34. The van der Waals surface area contributed by atoms with Gasteiger partial charge in [0.05, 0.1) is 5.56 Å². The Morgan fingerprint density at radius 3 is 1.84 bits per heavy atom. The molecule has 0 fully saturated rings. The molecule has 0 saturated carbocycles. The molecule has 0 atom stereocenters. The number of hydrogen-bond donors (Lipinski definition) is 2. The Morgan fingerprint density at radius 1 is 0.806 bits per heavy atom. The van der Waals surface area contributed by atoms with E-state index in [9.17, 15) is 15.0 Å². The van der Waals surface area contributed by atoms with Gasteiger partial charge >= 0.3 is 5.97 Å². The molecule has 152 valence electrons. The molecular formula is C24H20Ac2O5. The Balaban J connectivity index is 0.00000136. The Kier molecular flexibility index (Phi) is 7.55. The predicted molar refractivity (Wildman–Crippen MR) is 107 cm³/mol. The zero-order valence-corrected chi connectivity index (χ0v) is 26.8. The van der Waals surface area contributed by atoms with E-state index >= 15 is 0 Å². The van der Waals surface area contributed by atoms with Gasteiger partial charge in [0.2, 0.25) is 0 Å². The number of hydrogen-bond acceptors (Lipinski definition) is 5. The molecule has 0 aromatic heterocycles. The number of carbonyl (C=O) groups is 1. The predicted octanol–water partition coefficient (Wildman–Crippen LogP) is 4.79. The fourth-order valence-corrected chi connectivity index (χ4v) is 4.39. The topological polar surface area (TPSA) is 76.0 Å². The number of phenols is 2. The maximum absolute atomic E-state index is 12.8. The first kappa shape index (κ1) is 25.0. The maximum Gasteiger partial charge on any atom is 0.340 e. The van der Waals surface area contributed by atoms with Crippen molar-refractivity contribution in [3.05, 3.63) is 81.9 Å². The van der Waals surface area contributed by atoms with Crippen molar-refractivity contribution in [2.45, 2.75) is 32.3 Å². The summed E-state index contributed by atoms with van der Waals surface area (Å²) < 4.78 is 12.2. The van der Waals surface area contributed by atoms with Gasteiger partial charge in [-0.05, 0) is 42.2 Å². The summed E-state index contributed by atoms with van der Waals surface area (Å²) in [6, 6.07) is 14.1. The van der Waals surface area contributed by atoms with Crippen LogP contribution in [0.4, 0.5) is 0 Å². The second-order valence-electron chi connectivity index (χ2n) is 7.38. The number of fused-ring (bicyclic) bond motifs is 6. The van der Waals surface area contributed by atoms with E-state index < -0.39 is 11.6 Å². The van der Waals surface area contributed by atoms with Crippen molar-refractivity contribution in [1.29, 1.82) is 0 Å². The van der Waals surface area contributed by atoms with Gasteiger partial charge in [0, 0.05) is 117 Å². The van der Waals surface area contributed by atoms with Crippen molar-refractivity contribution in [2.75, 3.05) is 0 Å². The second-order valence-corrected chi connectivity index (χ2v) is 7.38. The number of rotatable bonds is 2. The Bertz CT molecular complexity index is 1130. The van der Waals surface area contributed by atoms with Crippen LogP contribution in [0.15, 0.2) is 48.5 Å². The molecule has 2 radical (unpaired) electrons. The first-order chi connectivity index (χ1) is 14.0. The van der Waals surface area contributed by atoms with Crippen LogP contribution in [0.2, 0.25) is 0 Å². The zero-order chi connectivity index (χ0) is 20.3. The van der Waals surface area contributed by atoms with Crippen LogP contribution >= 0.6 is 0 Å². The molecule has 0 aliphatic carbocycles. The van der Waals surface area contributed by atoms with Crippen molar-refractivity contribution < 1.29 is 113 Å². The van der Waals surface area contributed by atoms with Crippen molar-refractivity contribution in [3.8, 4) is 23.0 Å². The summed E-state index contributed by atoms with van der Waals surface area (Å²) >= 11 is 0. The van der Waals surface area contributed by atoms with Crippen LogP contribution in [-0.4, -0.2) is 16.2 Å². The average molecular weight is 842 g/mol. The van der Waals surface area contributed by atoms with Crippen LogP contribution in [0.5, 0.6) is 23.0 Å². The summed E-state index contributed by atoms with van der Waals surface area (Å²) in [5.74, 6) is 0.645. The molecule has 31 heavy (non-hydrogen) atoms. The maximum atomic E-state index is 12.8. The summed E-state index contributed by atoms with van der Waals surface area (Å²) in [7, 11) is 0. The molecule has 2 aliphatic heterocycles. The van der Waals surface area contributed by atoms with Crippen LogP contribution in [0.25, 0.3) is 0 Å². The molecule has 0 amide bonds. The van der Waals surface area contributed by atoms with Crippen LogP contribution in [0.1, 0.15) is 52.0 Å². The quantitative estimate of drug-likeness (QED) is 0.364. The molecule has 2 heterocycles. The number of ether oxygens (including phenoxy) is 2. The molecule has 1 spiro atoms. The van der Waals surface area contributed by atoms with Gasteiger partial charge < -0.3 is 19.7 Å². The monoisotopic (exact) mass is 842 g/mol. The van der Waals surface area contributed by atoms with Gasteiger partial charge in [-0.3, -0.25) is 0 Å². The number of phenolic OH excluding ortho intramolecular Hbond substituents is 2. The van der Waals surface area contributed by atoms with Gasteiger partial charge in [-0.25, -0.2) is 4.79 Å². The number of carbonyl (C=O) groups excluding carboxylic acids is 1. The molecule has 2 N–H and O–H groups in total. The van der Waals surface area contributed by atoms with Crippen molar-refractivity contribution >= 4 is 5.97 Å². The van der Waals surface area contributed by atoms with Crippen LogP contribution in [-0.2, 0) is 23.2 Å². The van der Waals surface area contributed by atoms with E-state index in [1.165, 1.54) is 0 Å². The molecule has 3 aromatic carbocycles. The first-order valence-electron chi connectivity index (χ1n) is 9.73. The van der Waals surface area contributed by atoms with Gasteiger partial charge in [0.15, 0.2) is 5.60 Å². The van der Waals surface area contributed by atoms with Crippen LogP contribution in [0.3, 0.4) is 0 Å². The molecule has 5 nitrogen and oxygen atoms in total. The molecule has 0 bridgehead atoms. The van der Waals surface area contributed by atoms with E-state index in [2.05, 4.69) is 0 Å². The summed E-state index contributed by atoms with van der Waals surface area (Å²) in [6.07, 6.45) is 1.24. The summed E-state index contributed by atoms with van der Waals surface area (Å²) in [4.78, 5) is 12.8. The standard InChI is InChI=1S/C24H20O5.2Ac/c1-3-13-9-17-21(11-19(13)25)28-22-12-20(26)14(4-2)10-18(22)24(17)16-8-6-5-7-15(16)23(27)29-24;;/h5-12,25-26H,3-4H2,1-2H3;;. The molecule has 2 aliphatic rings. The summed E-state index contributed by atoms with van der Waals surface area (Å²) in [5, 5.41) is 20.8. The summed E-state index contributed by atoms with van der Waals surface area (Å²) in [5.41, 5.74) is 2.87. The van der Waals surface area contributed by atoms with Gasteiger partial charge in [-0.2, -0.15) is 0 Å². The van der Waals surface area contributed by atoms with E-state index in [1.807, 2.05) is 44.2 Å². The normalized spacial score (nSPS) is 14.3. The molecule has 3 aromatic rings. The molecular weight excluding hydrogens is 822 g/mol. The minimum atomic E-state index is -1.19. The average Bonchev–Trinajstić information content (AvgIpc) is 3.01. The molecule has 5 rings (SSSR count). The fraction of sp³-hybridized carbons (Fsp3) is 0.208. The third-order valence-electron chi connectivity index (χ3n) is 5.87. The zero-order valence-electron chi connectivity index (χ0n) is 17.3. The number of esters is 1. The van der Waals surface area contributed by atoms with Gasteiger partial charge in [0.1, 0.15) is 23.0 Å². The van der Waals surface area contributed by atoms with Crippen LogP contribution < -0.4 is 4.74 Å².